The van der Waals surface area contributed by atoms with E-state index in [0.29, 0.717) is 30.0 Å². The van der Waals surface area contributed by atoms with E-state index in [0.717, 1.165) is 35.7 Å². The van der Waals surface area contributed by atoms with Crippen LogP contribution in [0.15, 0.2) is 48.8 Å². The largest absolute Gasteiger partial charge is 0.389 e. The molecule has 1 aromatic carbocycles. The van der Waals surface area contributed by atoms with Crippen LogP contribution in [0.4, 0.5) is 0 Å². The number of carbonyl (C=O) groups is 1. The molecular weight excluding hydrogens is 462 g/mol. The van der Waals surface area contributed by atoms with Gasteiger partial charge in [0.25, 0.3) is 0 Å². The molecule has 1 aliphatic heterocycles. The fourth-order valence-corrected chi connectivity index (χ4v) is 4.81. The second-order valence-corrected chi connectivity index (χ2v) is 10.4. The Labute approximate surface area is 211 Å². The summed E-state index contributed by atoms with van der Waals surface area (Å²) >= 11 is 5.97. The third-order valence-corrected chi connectivity index (χ3v) is 6.85. The molecule has 2 aromatic heterocycles. The van der Waals surface area contributed by atoms with E-state index in [4.69, 9.17) is 11.6 Å². The van der Waals surface area contributed by atoms with Crippen molar-refractivity contribution in [3.63, 3.8) is 0 Å². The Morgan fingerprint density at radius 3 is 2.43 bits per heavy atom. The van der Waals surface area contributed by atoms with Crippen LogP contribution in [0.5, 0.6) is 0 Å². The topological polar surface area (TPSA) is 95.0 Å². The summed E-state index contributed by atoms with van der Waals surface area (Å²) in [6.45, 7) is 7.51. The van der Waals surface area contributed by atoms with Gasteiger partial charge >= 0.3 is 0 Å². The van der Waals surface area contributed by atoms with E-state index < -0.39 is 11.0 Å². The maximum atomic E-state index is 13.0. The maximum absolute atomic E-state index is 13.0. The lowest BCUT2D eigenvalue weighted by Gasteiger charge is -2.39. The molecule has 3 heterocycles. The molecule has 0 atom stereocenters. The lowest BCUT2D eigenvalue weighted by atomic mass is 9.76. The summed E-state index contributed by atoms with van der Waals surface area (Å²) in [6.07, 6.45) is 4.83. The number of nitriles is 1. The third kappa shape index (κ3) is 5.62. The van der Waals surface area contributed by atoms with Gasteiger partial charge < -0.3 is 10.0 Å². The highest BCUT2D eigenvalue weighted by Gasteiger charge is 2.38. The van der Waals surface area contributed by atoms with Crippen LogP contribution in [0.25, 0.3) is 5.69 Å². The molecule has 1 N–H and O–H groups in total. The molecule has 0 saturated carbocycles. The number of rotatable bonds is 7. The van der Waals surface area contributed by atoms with Crippen molar-refractivity contribution in [2.45, 2.75) is 51.0 Å². The van der Waals surface area contributed by atoms with Gasteiger partial charge in [0.2, 0.25) is 0 Å². The van der Waals surface area contributed by atoms with Crippen molar-refractivity contribution in [2.75, 3.05) is 19.6 Å². The molecule has 0 spiro atoms. The molecule has 4 rings (SSSR count). The highest BCUT2D eigenvalue weighted by Crippen LogP contribution is 2.34. The molecular formula is C27H30ClN5O2. The average Bonchev–Trinajstić information content (AvgIpc) is 3.21. The minimum atomic E-state index is -0.761. The number of aromatic nitrogens is 3. The van der Waals surface area contributed by atoms with Gasteiger partial charge in [0.1, 0.15) is 5.41 Å². The summed E-state index contributed by atoms with van der Waals surface area (Å²) in [5.41, 5.74) is 2.31. The van der Waals surface area contributed by atoms with E-state index in [1.807, 2.05) is 31.2 Å². The highest BCUT2D eigenvalue weighted by atomic mass is 35.5. The van der Waals surface area contributed by atoms with Crippen molar-refractivity contribution in [1.82, 2.24) is 19.7 Å². The number of Topliss-reactive ketones (excluding diaryl/α,β-unsaturated/α-hetero) is 1. The Morgan fingerprint density at radius 1 is 1.17 bits per heavy atom. The first-order chi connectivity index (χ1) is 16.6. The van der Waals surface area contributed by atoms with E-state index in [9.17, 15) is 15.2 Å². The molecule has 0 aliphatic carbocycles. The molecule has 0 unspecified atom stereocenters. The predicted octanol–water partition coefficient (Wildman–Crippen LogP) is 4.28. The number of piperidine rings is 1. The van der Waals surface area contributed by atoms with Gasteiger partial charge in [-0.15, -0.1) is 0 Å². The van der Waals surface area contributed by atoms with E-state index >= 15 is 0 Å². The normalized spacial score (nSPS) is 16.1. The van der Waals surface area contributed by atoms with Crippen LogP contribution in [0.2, 0.25) is 5.02 Å². The number of ketones is 1. The Morgan fingerprint density at radius 2 is 1.86 bits per heavy atom. The predicted molar refractivity (Wildman–Crippen MR) is 135 cm³/mol. The van der Waals surface area contributed by atoms with E-state index in [1.54, 1.807) is 43.1 Å². The number of hydrogen-bond acceptors (Lipinski definition) is 6. The number of nitrogens with zero attached hydrogens (tertiary/aromatic N) is 5. The molecule has 1 saturated heterocycles. The van der Waals surface area contributed by atoms with Crippen molar-refractivity contribution in [1.29, 1.82) is 5.26 Å². The summed E-state index contributed by atoms with van der Waals surface area (Å²) in [4.78, 5) is 19.8. The molecule has 8 heteroatoms. The number of pyridine rings is 1. The number of likely N-dealkylation sites (tertiary alicyclic amines) is 1. The number of β-amino-alcohol motifs (C(OH)–C–C–N with tert-alkyl or cyclic N) is 1. The summed E-state index contributed by atoms with van der Waals surface area (Å²) in [5, 5.41) is 25.1. The SMILES string of the molecule is Cc1c(C(=O)Cc2ccc(C3(C#N)CCN(CC(C)(C)O)CC3)nc2)cnn1-c1ccc(Cl)cc1. The molecule has 1 aliphatic rings. The Balaban J connectivity index is 1.44. The van der Waals surface area contributed by atoms with Gasteiger partial charge in [-0.3, -0.25) is 9.78 Å². The minimum Gasteiger partial charge on any atom is -0.389 e. The first-order valence-electron chi connectivity index (χ1n) is 11.8. The molecule has 0 radical (unpaired) electrons. The van der Waals surface area contributed by atoms with Gasteiger partial charge in [-0.2, -0.15) is 10.4 Å². The first-order valence-corrected chi connectivity index (χ1v) is 12.1. The lowest BCUT2D eigenvalue weighted by Crippen LogP contribution is -2.47. The number of benzene rings is 1. The Hall–Kier alpha value is -3.05. The number of hydrogen-bond donors (Lipinski definition) is 1. The average molecular weight is 492 g/mol. The van der Waals surface area contributed by atoms with Crippen molar-refractivity contribution < 1.29 is 9.90 Å². The fourth-order valence-electron chi connectivity index (χ4n) is 4.68. The zero-order valence-corrected chi connectivity index (χ0v) is 21.1. The van der Waals surface area contributed by atoms with Crippen LogP contribution in [0.1, 0.15) is 54.0 Å². The summed E-state index contributed by atoms with van der Waals surface area (Å²) in [6, 6.07) is 13.6. The standard InChI is InChI=1S/C27H30ClN5O2/c1-19-23(16-31-33(19)22-7-5-21(28)6-8-22)24(34)14-20-4-9-25(30-15-20)27(17-29)10-12-32(13-11-27)18-26(2,3)35/h4-9,15-16,35H,10-14,18H2,1-3H3. The van der Waals surface area contributed by atoms with E-state index in [-0.39, 0.29) is 12.2 Å². The molecule has 0 bridgehead atoms. The van der Waals surface area contributed by atoms with Gasteiger partial charge in [0, 0.05) is 37.3 Å². The zero-order chi connectivity index (χ0) is 25.2. The Bertz CT molecular complexity index is 1230. The molecule has 0 amide bonds. The van der Waals surface area contributed by atoms with Crippen LogP contribution < -0.4 is 0 Å². The van der Waals surface area contributed by atoms with Crippen molar-refractivity contribution in [3.8, 4) is 11.8 Å². The van der Waals surface area contributed by atoms with Crippen molar-refractivity contribution >= 4 is 17.4 Å². The Kier molecular flexibility index (Phi) is 7.09. The zero-order valence-electron chi connectivity index (χ0n) is 20.3. The van der Waals surface area contributed by atoms with Gasteiger partial charge in [0.05, 0.1) is 40.5 Å². The van der Waals surface area contributed by atoms with Crippen molar-refractivity contribution in [2.24, 2.45) is 0 Å². The van der Waals surface area contributed by atoms with Gasteiger partial charge in [-0.1, -0.05) is 17.7 Å². The second kappa shape index (κ2) is 9.90. The van der Waals surface area contributed by atoms with Crippen molar-refractivity contribution in [3.05, 3.63) is 76.3 Å². The lowest BCUT2D eigenvalue weighted by molar-refractivity contribution is 0.0244. The van der Waals surface area contributed by atoms with Crippen LogP contribution in [0, 0.1) is 18.3 Å². The minimum absolute atomic E-state index is 0.0350. The van der Waals surface area contributed by atoms with Gasteiger partial charge in [-0.25, -0.2) is 4.68 Å². The monoisotopic (exact) mass is 491 g/mol. The van der Waals surface area contributed by atoms with Crippen LogP contribution >= 0.6 is 11.6 Å². The van der Waals surface area contributed by atoms with E-state index in [2.05, 4.69) is 21.1 Å². The van der Waals surface area contributed by atoms with E-state index in [1.165, 1.54) is 0 Å². The summed E-state index contributed by atoms with van der Waals surface area (Å²) in [7, 11) is 0. The number of halogens is 1. The smallest absolute Gasteiger partial charge is 0.170 e. The number of aliphatic hydroxyl groups is 1. The molecule has 1 fully saturated rings. The van der Waals surface area contributed by atoms with Gasteiger partial charge in [-0.05, 0) is 69.5 Å². The van der Waals surface area contributed by atoms with Crippen LogP contribution in [-0.2, 0) is 11.8 Å². The van der Waals surface area contributed by atoms with Gasteiger partial charge in [0.15, 0.2) is 5.78 Å². The molecule has 7 nitrogen and oxygen atoms in total. The molecule has 3 aromatic rings. The van der Waals surface area contributed by atoms with Crippen LogP contribution in [0.3, 0.4) is 0 Å². The molecule has 35 heavy (non-hydrogen) atoms. The second-order valence-electron chi connectivity index (χ2n) is 9.97. The summed E-state index contributed by atoms with van der Waals surface area (Å²) < 4.78 is 1.73. The molecule has 182 valence electrons. The third-order valence-electron chi connectivity index (χ3n) is 6.60. The number of carbonyl (C=O) groups excluding carboxylic acids is 1. The highest BCUT2D eigenvalue weighted by molar-refractivity contribution is 6.30. The fraction of sp³-hybridized carbons (Fsp3) is 0.407. The summed E-state index contributed by atoms with van der Waals surface area (Å²) in [5.74, 6) is -0.0350. The maximum Gasteiger partial charge on any atom is 0.170 e. The van der Waals surface area contributed by atoms with Crippen LogP contribution in [-0.4, -0.2) is 55.8 Å². The first kappa shape index (κ1) is 25.1. The quantitative estimate of drug-likeness (QED) is 0.495.